The minimum Gasteiger partial charge on any atom is -0.356 e. The van der Waals surface area contributed by atoms with Crippen molar-refractivity contribution < 1.29 is 4.79 Å². The SMILES string of the molecule is CN=C(NCCC(=O)Nc1cccc(C)n1)NCC(C)c1ccc(C)cc1.I. The Morgan fingerprint density at radius 1 is 1.11 bits per heavy atom. The van der Waals surface area contributed by atoms with E-state index in [1.807, 2.05) is 19.1 Å². The van der Waals surface area contributed by atoms with E-state index in [9.17, 15) is 4.79 Å². The van der Waals surface area contributed by atoms with Crippen molar-refractivity contribution in [3.05, 3.63) is 59.3 Å². The Morgan fingerprint density at radius 3 is 2.46 bits per heavy atom. The van der Waals surface area contributed by atoms with Crippen LogP contribution in [0, 0.1) is 13.8 Å². The lowest BCUT2D eigenvalue weighted by Gasteiger charge is -2.16. The number of carbonyl (C=O) groups excluding carboxylic acids is 1. The van der Waals surface area contributed by atoms with Crippen LogP contribution in [0.1, 0.15) is 36.1 Å². The number of amides is 1. The number of aryl methyl sites for hydroxylation is 2. The number of carbonyl (C=O) groups is 1. The van der Waals surface area contributed by atoms with Gasteiger partial charge in [0.05, 0.1) is 0 Å². The molecule has 0 aliphatic heterocycles. The summed E-state index contributed by atoms with van der Waals surface area (Å²) in [5, 5.41) is 9.28. The molecule has 0 radical (unpaired) electrons. The molecule has 1 heterocycles. The van der Waals surface area contributed by atoms with E-state index in [0.29, 0.717) is 30.7 Å². The van der Waals surface area contributed by atoms with Crippen LogP contribution in [0.2, 0.25) is 0 Å². The van der Waals surface area contributed by atoms with Gasteiger partial charge in [0.2, 0.25) is 5.91 Å². The number of aromatic nitrogens is 1. The number of aliphatic imine (C=N–C) groups is 1. The second-order valence-electron chi connectivity index (χ2n) is 6.65. The van der Waals surface area contributed by atoms with Crippen LogP contribution in [-0.2, 0) is 4.79 Å². The fraction of sp³-hybridized carbons (Fsp3) is 0.381. The van der Waals surface area contributed by atoms with Gasteiger partial charge in [-0.15, -0.1) is 24.0 Å². The number of benzene rings is 1. The van der Waals surface area contributed by atoms with Gasteiger partial charge in [0, 0.05) is 32.3 Å². The zero-order chi connectivity index (χ0) is 19.6. The summed E-state index contributed by atoms with van der Waals surface area (Å²) in [7, 11) is 1.72. The van der Waals surface area contributed by atoms with Crippen molar-refractivity contribution in [3.63, 3.8) is 0 Å². The maximum atomic E-state index is 12.0. The first-order valence-corrected chi connectivity index (χ1v) is 9.22. The Balaban J connectivity index is 0.00000392. The molecule has 2 rings (SSSR count). The normalized spacial score (nSPS) is 11.9. The van der Waals surface area contributed by atoms with Crippen molar-refractivity contribution in [2.45, 2.75) is 33.1 Å². The van der Waals surface area contributed by atoms with Gasteiger partial charge in [-0.2, -0.15) is 0 Å². The van der Waals surface area contributed by atoms with E-state index in [-0.39, 0.29) is 29.9 Å². The minimum absolute atomic E-state index is 0. The first-order valence-electron chi connectivity index (χ1n) is 9.22. The maximum absolute atomic E-state index is 12.0. The quantitative estimate of drug-likeness (QED) is 0.312. The second-order valence-corrected chi connectivity index (χ2v) is 6.65. The summed E-state index contributed by atoms with van der Waals surface area (Å²) in [5.74, 6) is 1.55. The standard InChI is InChI=1S/C21H29N5O.HI/c1-15-8-10-18(11-9-15)16(2)14-24-21(22-4)23-13-12-20(27)26-19-7-5-6-17(3)25-19;/h5-11,16H,12-14H2,1-4H3,(H2,22,23,24)(H,25,26,27);1H. The van der Waals surface area contributed by atoms with E-state index in [4.69, 9.17) is 0 Å². The molecule has 1 aromatic heterocycles. The number of pyridine rings is 1. The molecular formula is C21H30IN5O. The Bertz CT molecular complexity index is 777. The molecule has 6 nitrogen and oxygen atoms in total. The lowest BCUT2D eigenvalue weighted by molar-refractivity contribution is -0.116. The Hall–Kier alpha value is -2.16. The first kappa shape index (κ1) is 23.9. The number of hydrogen-bond acceptors (Lipinski definition) is 3. The second kappa shape index (κ2) is 12.3. The van der Waals surface area contributed by atoms with Crippen LogP contribution in [0.15, 0.2) is 47.5 Å². The lowest BCUT2D eigenvalue weighted by atomic mass is 10.0. The van der Waals surface area contributed by atoms with Gasteiger partial charge in [-0.05, 0) is 37.5 Å². The molecule has 7 heteroatoms. The first-order chi connectivity index (χ1) is 13.0. The number of hydrogen-bond donors (Lipinski definition) is 3. The van der Waals surface area contributed by atoms with Crippen LogP contribution in [-0.4, -0.2) is 37.0 Å². The summed E-state index contributed by atoms with van der Waals surface area (Å²) in [6.07, 6.45) is 0.337. The topological polar surface area (TPSA) is 78.4 Å². The molecule has 0 spiro atoms. The van der Waals surface area contributed by atoms with Gasteiger partial charge in [0.15, 0.2) is 5.96 Å². The van der Waals surface area contributed by atoms with Gasteiger partial charge in [-0.3, -0.25) is 9.79 Å². The molecule has 1 amide bonds. The number of anilines is 1. The predicted octanol–water partition coefficient (Wildman–Crippen LogP) is 3.61. The van der Waals surface area contributed by atoms with E-state index < -0.39 is 0 Å². The number of nitrogens with zero attached hydrogens (tertiary/aromatic N) is 2. The van der Waals surface area contributed by atoms with Crippen molar-refractivity contribution in [1.82, 2.24) is 15.6 Å². The van der Waals surface area contributed by atoms with Gasteiger partial charge in [-0.25, -0.2) is 4.98 Å². The molecule has 0 aliphatic carbocycles. The third-order valence-electron chi connectivity index (χ3n) is 4.25. The van der Waals surface area contributed by atoms with E-state index in [2.05, 4.69) is 64.0 Å². The van der Waals surface area contributed by atoms with Crippen LogP contribution in [0.25, 0.3) is 0 Å². The van der Waals surface area contributed by atoms with Crippen LogP contribution < -0.4 is 16.0 Å². The molecule has 1 aromatic carbocycles. The van der Waals surface area contributed by atoms with Crippen molar-refractivity contribution in [2.24, 2.45) is 4.99 Å². The van der Waals surface area contributed by atoms with Crippen LogP contribution in [0.5, 0.6) is 0 Å². The van der Waals surface area contributed by atoms with Gasteiger partial charge in [0.25, 0.3) is 0 Å². The maximum Gasteiger partial charge on any atom is 0.227 e. The highest BCUT2D eigenvalue weighted by Crippen LogP contribution is 2.14. The van der Waals surface area contributed by atoms with Crippen molar-refractivity contribution in [2.75, 3.05) is 25.5 Å². The highest BCUT2D eigenvalue weighted by atomic mass is 127. The van der Waals surface area contributed by atoms with Crippen molar-refractivity contribution in [1.29, 1.82) is 0 Å². The highest BCUT2D eigenvalue weighted by molar-refractivity contribution is 14.0. The largest absolute Gasteiger partial charge is 0.356 e. The zero-order valence-corrected chi connectivity index (χ0v) is 19.3. The summed E-state index contributed by atoms with van der Waals surface area (Å²) in [4.78, 5) is 20.5. The van der Waals surface area contributed by atoms with Gasteiger partial charge < -0.3 is 16.0 Å². The summed E-state index contributed by atoms with van der Waals surface area (Å²) < 4.78 is 0. The van der Waals surface area contributed by atoms with Crippen molar-refractivity contribution in [3.8, 4) is 0 Å². The Labute approximate surface area is 184 Å². The molecule has 1 unspecified atom stereocenters. The molecule has 0 aliphatic rings. The summed E-state index contributed by atoms with van der Waals surface area (Å²) in [6, 6.07) is 14.1. The highest BCUT2D eigenvalue weighted by Gasteiger charge is 2.08. The number of nitrogens with one attached hydrogen (secondary N) is 3. The van der Waals surface area contributed by atoms with Gasteiger partial charge >= 0.3 is 0 Å². The molecule has 28 heavy (non-hydrogen) atoms. The van der Waals surface area contributed by atoms with Crippen LogP contribution in [0.3, 0.4) is 0 Å². The predicted molar refractivity (Wildman–Crippen MR) is 127 cm³/mol. The zero-order valence-electron chi connectivity index (χ0n) is 17.0. The van der Waals surface area contributed by atoms with E-state index in [0.717, 1.165) is 12.2 Å². The molecule has 3 N–H and O–H groups in total. The van der Waals surface area contributed by atoms with Gasteiger partial charge in [0.1, 0.15) is 5.82 Å². The number of guanidine groups is 1. The molecule has 0 saturated heterocycles. The summed E-state index contributed by atoms with van der Waals surface area (Å²) in [6.45, 7) is 7.42. The average molecular weight is 495 g/mol. The molecule has 0 fully saturated rings. The molecule has 1 atom stereocenters. The molecule has 152 valence electrons. The summed E-state index contributed by atoms with van der Waals surface area (Å²) >= 11 is 0. The fourth-order valence-electron chi connectivity index (χ4n) is 2.60. The lowest BCUT2D eigenvalue weighted by Crippen LogP contribution is -2.40. The van der Waals surface area contributed by atoms with Crippen LogP contribution in [0.4, 0.5) is 5.82 Å². The Morgan fingerprint density at radius 2 is 1.82 bits per heavy atom. The third kappa shape index (κ3) is 8.24. The smallest absolute Gasteiger partial charge is 0.227 e. The molecule has 0 bridgehead atoms. The average Bonchev–Trinajstić information content (AvgIpc) is 2.64. The van der Waals surface area contributed by atoms with E-state index in [1.165, 1.54) is 11.1 Å². The monoisotopic (exact) mass is 495 g/mol. The fourth-order valence-corrected chi connectivity index (χ4v) is 2.60. The van der Waals surface area contributed by atoms with Crippen LogP contribution >= 0.6 is 24.0 Å². The minimum atomic E-state index is -0.0796. The molecule has 0 saturated carbocycles. The van der Waals surface area contributed by atoms with Gasteiger partial charge in [-0.1, -0.05) is 42.8 Å². The third-order valence-corrected chi connectivity index (χ3v) is 4.25. The van der Waals surface area contributed by atoms with E-state index in [1.54, 1.807) is 13.1 Å². The molecular weight excluding hydrogens is 465 g/mol. The van der Waals surface area contributed by atoms with Crippen molar-refractivity contribution >= 4 is 41.7 Å². The van der Waals surface area contributed by atoms with E-state index >= 15 is 0 Å². The number of rotatable bonds is 7. The number of halogens is 1. The summed E-state index contributed by atoms with van der Waals surface area (Å²) in [5.41, 5.74) is 3.42. The Kier molecular flexibility index (Phi) is 10.5. The molecule has 2 aromatic rings.